The zero-order valence-electron chi connectivity index (χ0n) is 17.6. The molecule has 31 heavy (non-hydrogen) atoms. The number of carbonyl (C=O) groups excluding carboxylic acids is 1. The highest BCUT2D eigenvalue weighted by atomic mass is 79.9. The van der Waals surface area contributed by atoms with Gasteiger partial charge in [-0.2, -0.15) is 0 Å². The minimum Gasteiger partial charge on any atom is -0.481 e. The lowest BCUT2D eigenvalue weighted by Gasteiger charge is -2.26. The molecule has 2 heterocycles. The van der Waals surface area contributed by atoms with Crippen molar-refractivity contribution in [2.45, 2.75) is 44.9 Å². The van der Waals surface area contributed by atoms with Crippen molar-refractivity contribution in [2.24, 2.45) is 40.9 Å². The van der Waals surface area contributed by atoms with Crippen molar-refractivity contribution < 1.29 is 14.7 Å². The smallest absolute Gasteiger partial charge is 0.307 e. The fraction of sp³-hybridized carbons (Fsp3) is 0.696. The van der Waals surface area contributed by atoms with Crippen molar-refractivity contribution in [3.8, 4) is 0 Å². The lowest BCUT2D eigenvalue weighted by atomic mass is 9.78. The molecule has 1 aromatic rings. The maximum Gasteiger partial charge on any atom is 0.307 e. The van der Waals surface area contributed by atoms with Crippen LogP contribution in [0.2, 0.25) is 0 Å². The number of amides is 1. The van der Waals surface area contributed by atoms with Gasteiger partial charge in [-0.3, -0.25) is 9.59 Å². The van der Waals surface area contributed by atoms with Gasteiger partial charge in [-0.25, -0.2) is 4.98 Å². The van der Waals surface area contributed by atoms with Crippen molar-refractivity contribution in [1.82, 2.24) is 10.3 Å². The predicted molar refractivity (Wildman–Crippen MR) is 124 cm³/mol. The monoisotopic (exact) mass is 511 g/mol. The summed E-state index contributed by atoms with van der Waals surface area (Å²) in [4.78, 5) is 29.6. The molecule has 4 aliphatic rings. The van der Waals surface area contributed by atoms with Gasteiger partial charge < -0.3 is 15.7 Å². The first-order valence-corrected chi connectivity index (χ1v) is 12.2. The second-order valence-corrected chi connectivity index (χ2v) is 10.6. The molecule has 2 unspecified atom stereocenters. The van der Waals surface area contributed by atoms with Crippen molar-refractivity contribution in [3.63, 3.8) is 0 Å². The summed E-state index contributed by atoms with van der Waals surface area (Å²) in [6.07, 6.45) is 9.68. The minimum atomic E-state index is -0.792. The first kappa shape index (κ1) is 23.0. The molecule has 6 atom stereocenters. The molecule has 1 saturated heterocycles. The van der Waals surface area contributed by atoms with Crippen LogP contribution in [0.4, 0.5) is 5.69 Å². The normalized spacial score (nSPS) is 36.2. The SMILES string of the molecule is Cl.O=C(O)[C@H]1[C@H](C(=O)Nc2ccc(Br)nc2)[C@@H]2CC[C@H]1C21CC1CCC1CCNCC1. The highest BCUT2D eigenvalue weighted by molar-refractivity contribution is 9.10. The number of carboxylic acid groups (broad SMARTS) is 1. The third-order valence-electron chi connectivity index (χ3n) is 8.59. The Bertz CT molecular complexity index is 832. The molecule has 1 aliphatic heterocycles. The Balaban J connectivity index is 0.00000231. The van der Waals surface area contributed by atoms with Gasteiger partial charge in [0.1, 0.15) is 4.60 Å². The number of hydrogen-bond acceptors (Lipinski definition) is 4. The molecular formula is C23H31BrClN3O3. The lowest BCUT2D eigenvalue weighted by molar-refractivity contribution is -0.148. The third-order valence-corrected chi connectivity index (χ3v) is 9.06. The fourth-order valence-corrected chi connectivity index (χ4v) is 7.54. The summed E-state index contributed by atoms with van der Waals surface area (Å²) in [5.41, 5.74) is 0.734. The Hall–Kier alpha value is -1.18. The molecule has 6 nitrogen and oxygen atoms in total. The van der Waals surface area contributed by atoms with E-state index >= 15 is 0 Å². The standard InChI is InChI=1S/C23H30BrN3O3.ClH/c24-18-6-3-15(12-26-18)27-21(28)19-16-4-5-17(20(19)22(29)30)23(16)11-14(23)2-1-13-7-9-25-10-8-13;/h3,6,12-14,16-17,19-20,25H,1-2,4-5,7-11H2,(H,27,28)(H,29,30);1H/t14?,16-,17+,19+,20+,23?;/m0./s1. The maximum atomic E-state index is 13.2. The van der Waals surface area contributed by atoms with E-state index in [2.05, 4.69) is 31.5 Å². The summed E-state index contributed by atoms with van der Waals surface area (Å²) >= 11 is 3.30. The van der Waals surface area contributed by atoms with Crippen LogP contribution in [0.25, 0.3) is 0 Å². The highest BCUT2D eigenvalue weighted by Crippen LogP contribution is 2.78. The molecular weight excluding hydrogens is 482 g/mol. The number of nitrogens with zero attached hydrogens (tertiary/aromatic N) is 1. The number of aromatic nitrogens is 1. The van der Waals surface area contributed by atoms with Crippen LogP contribution in [-0.4, -0.2) is 35.1 Å². The average Bonchev–Trinajstić information content (AvgIpc) is 3.28. The summed E-state index contributed by atoms with van der Waals surface area (Å²) in [5.74, 6) is -0.102. The van der Waals surface area contributed by atoms with E-state index in [1.807, 2.05) is 0 Å². The van der Waals surface area contributed by atoms with Gasteiger partial charge in [0.15, 0.2) is 0 Å². The summed E-state index contributed by atoms with van der Waals surface area (Å²) < 4.78 is 0.706. The first-order chi connectivity index (χ1) is 14.5. The number of hydrogen-bond donors (Lipinski definition) is 3. The summed E-state index contributed by atoms with van der Waals surface area (Å²) in [7, 11) is 0. The van der Waals surface area contributed by atoms with Gasteiger partial charge in [0.05, 0.1) is 23.7 Å². The van der Waals surface area contributed by atoms with Crippen molar-refractivity contribution >= 4 is 45.9 Å². The number of aliphatic carboxylic acids is 1. The number of halogens is 2. The van der Waals surface area contributed by atoms with Gasteiger partial charge in [-0.15, -0.1) is 12.4 Å². The summed E-state index contributed by atoms with van der Waals surface area (Å²) in [6, 6.07) is 3.58. The Labute approximate surface area is 197 Å². The van der Waals surface area contributed by atoms with Crippen LogP contribution in [-0.2, 0) is 9.59 Å². The minimum absolute atomic E-state index is 0. The molecule has 0 radical (unpaired) electrons. The van der Waals surface area contributed by atoms with Gasteiger partial charge in [0.25, 0.3) is 0 Å². The van der Waals surface area contributed by atoms with Crippen molar-refractivity contribution in [3.05, 3.63) is 22.9 Å². The fourth-order valence-electron chi connectivity index (χ4n) is 7.30. The maximum absolute atomic E-state index is 13.2. The Morgan fingerprint density at radius 3 is 2.48 bits per heavy atom. The molecule has 3 aliphatic carbocycles. The number of piperidine rings is 1. The van der Waals surface area contributed by atoms with E-state index < -0.39 is 17.8 Å². The first-order valence-electron chi connectivity index (χ1n) is 11.4. The molecule has 5 rings (SSSR count). The number of carboxylic acids is 1. The molecule has 170 valence electrons. The van der Waals surface area contributed by atoms with Crippen LogP contribution in [0.15, 0.2) is 22.9 Å². The molecule has 3 N–H and O–H groups in total. The molecule has 1 spiro atoms. The number of nitrogens with one attached hydrogen (secondary N) is 2. The Kier molecular flexibility index (Phi) is 6.67. The van der Waals surface area contributed by atoms with Crippen LogP contribution in [0.1, 0.15) is 44.9 Å². The van der Waals surface area contributed by atoms with Crippen molar-refractivity contribution in [1.29, 1.82) is 0 Å². The largest absolute Gasteiger partial charge is 0.481 e. The number of carbonyl (C=O) groups is 2. The second kappa shape index (κ2) is 8.99. The van der Waals surface area contributed by atoms with Gasteiger partial charge in [-0.05, 0) is 109 Å². The molecule has 3 saturated carbocycles. The molecule has 2 bridgehead atoms. The number of pyridine rings is 1. The number of anilines is 1. The van der Waals surface area contributed by atoms with E-state index in [-0.39, 0.29) is 35.6 Å². The molecule has 4 fully saturated rings. The van der Waals surface area contributed by atoms with Crippen LogP contribution in [0, 0.1) is 40.9 Å². The van der Waals surface area contributed by atoms with E-state index in [0.717, 1.165) is 38.3 Å². The van der Waals surface area contributed by atoms with Gasteiger partial charge in [0, 0.05) is 0 Å². The Morgan fingerprint density at radius 1 is 1.13 bits per heavy atom. The molecule has 1 aromatic heterocycles. The average molecular weight is 513 g/mol. The molecule has 0 aromatic carbocycles. The predicted octanol–water partition coefficient (Wildman–Crippen LogP) is 4.35. The summed E-state index contributed by atoms with van der Waals surface area (Å²) in [5, 5.41) is 16.4. The van der Waals surface area contributed by atoms with Gasteiger partial charge in [-0.1, -0.05) is 6.42 Å². The molecule has 1 amide bonds. The van der Waals surface area contributed by atoms with Crippen LogP contribution < -0.4 is 10.6 Å². The van der Waals surface area contributed by atoms with Crippen LogP contribution in [0.3, 0.4) is 0 Å². The summed E-state index contributed by atoms with van der Waals surface area (Å²) in [6.45, 7) is 2.25. The van der Waals surface area contributed by atoms with E-state index in [0.29, 0.717) is 16.2 Å². The zero-order chi connectivity index (χ0) is 20.9. The number of rotatable bonds is 6. The lowest BCUT2D eigenvalue weighted by Crippen LogP contribution is -2.37. The van der Waals surface area contributed by atoms with Crippen LogP contribution in [0.5, 0.6) is 0 Å². The van der Waals surface area contributed by atoms with Gasteiger partial charge in [0.2, 0.25) is 5.91 Å². The van der Waals surface area contributed by atoms with E-state index in [4.69, 9.17) is 0 Å². The highest BCUT2D eigenvalue weighted by Gasteiger charge is 2.75. The van der Waals surface area contributed by atoms with E-state index in [9.17, 15) is 14.7 Å². The third kappa shape index (κ3) is 4.02. The van der Waals surface area contributed by atoms with E-state index in [1.54, 1.807) is 18.3 Å². The topological polar surface area (TPSA) is 91.3 Å². The van der Waals surface area contributed by atoms with Crippen molar-refractivity contribution in [2.75, 3.05) is 18.4 Å². The zero-order valence-corrected chi connectivity index (χ0v) is 20.0. The second-order valence-electron chi connectivity index (χ2n) is 9.82. The van der Waals surface area contributed by atoms with Crippen LogP contribution >= 0.6 is 28.3 Å². The molecule has 8 heteroatoms. The van der Waals surface area contributed by atoms with Gasteiger partial charge >= 0.3 is 5.97 Å². The Morgan fingerprint density at radius 2 is 1.84 bits per heavy atom. The van der Waals surface area contributed by atoms with E-state index in [1.165, 1.54) is 25.7 Å². The quantitative estimate of drug-likeness (QED) is 0.493.